The first-order valence-corrected chi connectivity index (χ1v) is 8.15. The van der Waals surface area contributed by atoms with E-state index in [-0.39, 0.29) is 5.82 Å². The van der Waals surface area contributed by atoms with Crippen molar-refractivity contribution in [3.8, 4) is 0 Å². The zero-order chi connectivity index (χ0) is 19.1. The van der Waals surface area contributed by atoms with Crippen LogP contribution in [0.15, 0.2) is 47.1 Å². The number of carbonyl (C=O) groups is 2. The van der Waals surface area contributed by atoms with Gasteiger partial charge in [-0.25, -0.2) is 14.0 Å². The highest BCUT2D eigenvalue weighted by Crippen LogP contribution is 2.30. The summed E-state index contributed by atoms with van der Waals surface area (Å²) in [4.78, 5) is 19.1. The first kappa shape index (κ1) is 19.4. The van der Waals surface area contributed by atoms with E-state index in [9.17, 15) is 14.0 Å². The molecule has 2 aromatic rings. The summed E-state index contributed by atoms with van der Waals surface area (Å²) < 4.78 is 19.1. The maximum Gasteiger partial charge on any atom is 0.328 e. The Morgan fingerprint density at radius 2 is 2.00 bits per heavy atom. The summed E-state index contributed by atoms with van der Waals surface area (Å²) in [5.41, 5.74) is 2.87. The molecule has 1 aromatic carbocycles. The van der Waals surface area contributed by atoms with E-state index in [1.54, 1.807) is 18.4 Å². The molecule has 0 fully saturated rings. The zero-order valence-electron chi connectivity index (χ0n) is 14.2. The number of hydrogen-bond donors (Lipinski definition) is 3. The lowest BCUT2D eigenvalue weighted by molar-refractivity contribution is -0.134. The Morgan fingerprint density at radius 3 is 2.62 bits per heavy atom. The van der Waals surface area contributed by atoms with Gasteiger partial charge in [0, 0.05) is 29.1 Å². The highest BCUT2D eigenvalue weighted by atomic mass is 19.1. The van der Waals surface area contributed by atoms with Crippen molar-refractivity contribution in [2.45, 2.75) is 25.8 Å². The van der Waals surface area contributed by atoms with E-state index in [1.165, 1.54) is 11.6 Å². The lowest BCUT2D eigenvalue weighted by Gasteiger charge is -2.22. The zero-order valence-corrected chi connectivity index (χ0v) is 14.2. The SMILES string of the molecule is CCC1C=C(c2cc(F)cc3ccoc23)CCN1.O=C(O)/C=C/C(=O)O. The van der Waals surface area contributed by atoms with E-state index in [0.29, 0.717) is 18.2 Å². The molecule has 138 valence electrons. The molecule has 0 spiro atoms. The van der Waals surface area contributed by atoms with E-state index < -0.39 is 11.9 Å². The summed E-state index contributed by atoms with van der Waals surface area (Å²) in [5, 5.41) is 19.9. The highest BCUT2D eigenvalue weighted by Gasteiger charge is 2.16. The minimum Gasteiger partial charge on any atom is -0.478 e. The van der Waals surface area contributed by atoms with Gasteiger partial charge in [-0.05, 0) is 43.2 Å². The maximum atomic E-state index is 13.6. The Labute approximate surface area is 149 Å². The lowest BCUT2D eigenvalue weighted by Crippen LogP contribution is -2.31. The van der Waals surface area contributed by atoms with Crippen LogP contribution in [0.1, 0.15) is 25.3 Å². The van der Waals surface area contributed by atoms with Crippen molar-refractivity contribution in [3.05, 3.63) is 54.1 Å². The predicted octanol–water partition coefficient (Wildman–Crippen LogP) is 3.44. The van der Waals surface area contributed by atoms with Gasteiger partial charge >= 0.3 is 11.9 Å². The Kier molecular flexibility index (Phi) is 6.68. The van der Waals surface area contributed by atoms with Crippen molar-refractivity contribution in [3.63, 3.8) is 0 Å². The molecule has 3 N–H and O–H groups in total. The number of furan rings is 1. The van der Waals surface area contributed by atoms with Gasteiger partial charge < -0.3 is 19.9 Å². The van der Waals surface area contributed by atoms with Crippen molar-refractivity contribution in [1.82, 2.24) is 5.32 Å². The number of carboxylic acids is 2. The standard InChI is InChI=1S/C15H16FNO.C4H4O4/c1-2-13-8-10(3-5-17-13)14-9-12(16)7-11-4-6-18-15(11)14;5-3(6)1-2-4(7)8/h4,6-9,13,17H,2-3,5H2,1H3;1-2H,(H,5,6)(H,7,8)/b;2-1+. The summed E-state index contributed by atoms with van der Waals surface area (Å²) in [7, 11) is 0. The molecular weight excluding hydrogens is 341 g/mol. The summed E-state index contributed by atoms with van der Waals surface area (Å²) in [6.45, 7) is 3.08. The van der Waals surface area contributed by atoms with Gasteiger partial charge in [-0.2, -0.15) is 0 Å². The van der Waals surface area contributed by atoms with Crippen LogP contribution in [0.3, 0.4) is 0 Å². The van der Waals surface area contributed by atoms with Crippen LogP contribution in [0.5, 0.6) is 0 Å². The Hall–Kier alpha value is -2.93. The summed E-state index contributed by atoms with van der Waals surface area (Å²) in [6.07, 6.45) is 6.88. The molecule has 2 heterocycles. The van der Waals surface area contributed by atoms with Crippen molar-refractivity contribution in [2.24, 2.45) is 0 Å². The second-order valence-corrected chi connectivity index (χ2v) is 5.71. The lowest BCUT2D eigenvalue weighted by atomic mass is 9.95. The molecule has 1 atom stereocenters. The van der Waals surface area contributed by atoms with Gasteiger partial charge in [0.15, 0.2) is 0 Å². The molecule has 0 radical (unpaired) electrons. The van der Waals surface area contributed by atoms with Gasteiger partial charge in [0.25, 0.3) is 0 Å². The maximum absolute atomic E-state index is 13.6. The van der Waals surface area contributed by atoms with E-state index >= 15 is 0 Å². The number of carboxylic acid groups (broad SMARTS) is 2. The number of hydrogen-bond acceptors (Lipinski definition) is 4. The van der Waals surface area contributed by atoms with E-state index in [4.69, 9.17) is 14.6 Å². The molecule has 0 bridgehead atoms. The quantitative estimate of drug-likeness (QED) is 0.722. The van der Waals surface area contributed by atoms with Gasteiger partial charge in [-0.3, -0.25) is 0 Å². The average Bonchev–Trinajstić information content (AvgIpc) is 3.08. The van der Waals surface area contributed by atoms with Crippen molar-refractivity contribution in [2.75, 3.05) is 6.54 Å². The average molecular weight is 361 g/mol. The largest absolute Gasteiger partial charge is 0.478 e. The fourth-order valence-electron chi connectivity index (χ4n) is 2.69. The summed E-state index contributed by atoms with van der Waals surface area (Å²) in [5.74, 6) is -2.72. The first-order chi connectivity index (χ1) is 12.4. The molecule has 0 amide bonds. The molecule has 0 saturated heterocycles. The van der Waals surface area contributed by atoms with Gasteiger partial charge in [0.1, 0.15) is 11.4 Å². The topological polar surface area (TPSA) is 99.8 Å². The van der Waals surface area contributed by atoms with Crippen LogP contribution in [0.2, 0.25) is 0 Å². The Bertz CT molecular complexity index is 837. The van der Waals surface area contributed by atoms with Crippen LogP contribution in [0, 0.1) is 5.82 Å². The molecule has 7 heteroatoms. The van der Waals surface area contributed by atoms with Gasteiger partial charge in [-0.1, -0.05) is 13.0 Å². The van der Waals surface area contributed by atoms with E-state index in [0.717, 1.165) is 35.9 Å². The molecule has 3 rings (SSSR count). The van der Waals surface area contributed by atoms with Gasteiger partial charge in [0.05, 0.1) is 6.26 Å². The Morgan fingerprint density at radius 1 is 1.31 bits per heavy atom. The number of benzene rings is 1. The fourth-order valence-corrected chi connectivity index (χ4v) is 2.69. The van der Waals surface area contributed by atoms with Crippen LogP contribution in [-0.4, -0.2) is 34.7 Å². The molecule has 1 aliphatic heterocycles. The smallest absolute Gasteiger partial charge is 0.328 e. The predicted molar refractivity (Wildman–Crippen MR) is 95.3 cm³/mol. The van der Waals surface area contributed by atoms with Crippen molar-refractivity contribution >= 4 is 28.5 Å². The van der Waals surface area contributed by atoms with Crippen molar-refractivity contribution < 1.29 is 28.6 Å². The normalized spacial score (nSPS) is 16.8. The highest BCUT2D eigenvalue weighted by molar-refractivity contribution is 5.90. The van der Waals surface area contributed by atoms with Crippen LogP contribution in [-0.2, 0) is 9.59 Å². The molecular formula is C19H20FNO5. The monoisotopic (exact) mass is 361 g/mol. The third kappa shape index (κ3) is 5.29. The number of nitrogens with one attached hydrogen (secondary N) is 1. The molecule has 1 unspecified atom stereocenters. The van der Waals surface area contributed by atoms with E-state index in [1.807, 2.05) is 0 Å². The number of fused-ring (bicyclic) bond motifs is 1. The van der Waals surface area contributed by atoms with Crippen molar-refractivity contribution in [1.29, 1.82) is 0 Å². The second-order valence-electron chi connectivity index (χ2n) is 5.71. The summed E-state index contributed by atoms with van der Waals surface area (Å²) >= 11 is 0. The van der Waals surface area contributed by atoms with Gasteiger partial charge in [0.2, 0.25) is 0 Å². The molecule has 0 aliphatic carbocycles. The van der Waals surface area contributed by atoms with Crippen LogP contribution in [0.4, 0.5) is 4.39 Å². The van der Waals surface area contributed by atoms with Crippen LogP contribution < -0.4 is 5.32 Å². The van der Waals surface area contributed by atoms with Gasteiger partial charge in [-0.15, -0.1) is 0 Å². The minimum absolute atomic E-state index is 0.202. The summed E-state index contributed by atoms with van der Waals surface area (Å²) in [6, 6.07) is 5.28. The number of aliphatic carboxylic acids is 2. The van der Waals surface area contributed by atoms with Crippen LogP contribution >= 0.6 is 0 Å². The molecule has 1 aliphatic rings. The minimum atomic E-state index is -1.26. The van der Waals surface area contributed by atoms with E-state index in [2.05, 4.69) is 18.3 Å². The number of halogens is 1. The second kappa shape index (κ2) is 8.96. The fraction of sp³-hybridized carbons (Fsp3) is 0.263. The first-order valence-electron chi connectivity index (χ1n) is 8.15. The third-order valence-electron chi connectivity index (χ3n) is 3.87. The molecule has 6 nitrogen and oxygen atoms in total. The number of rotatable bonds is 4. The van der Waals surface area contributed by atoms with Crippen LogP contribution in [0.25, 0.3) is 16.5 Å². The molecule has 0 saturated carbocycles. The third-order valence-corrected chi connectivity index (χ3v) is 3.87. The molecule has 1 aromatic heterocycles. The molecule has 26 heavy (non-hydrogen) atoms. The Balaban J connectivity index is 0.000000260.